The number of hydrogen-bond donors (Lipinski definition) is 2. The van der Waals surface area contributed by atoms with Crippen LogP contribution in [0.4, 0.5) is 0 Å². The summed E-state index contributed by atoms with van der Waals surface area (Å²) in [5.74, 6) is 0.613. The van der Waals surface area contributed by atoms with E-state index >= 15 is 0 Å². The van der Waals surface area contributed by atoms with E-state index < -0.39 is 141 Å². The highest BCUT2D eigenvalue weighted by atomic mass is 16.8. The molecule has 11 fully saturated rings. The van der Waals surface area contributed by atoms with Crippen molar-refractivity contribution in [3.05, 3.63) is 0 Å². The molecule has 11 aliphatic rings. The Balaban J connectivity index is 0.623. The molecule has 3 aliphatic carbocycles. The third kappa shape index (κ3) is 12.4. The molecular formula is C62H102O22. The lowest BCUT2D eigenvalue weighted by atomic mass is 9.52. The first-order chi connectivity index (χ1) is 40.1. The second-order valence-electron chi connectivity index (χ2n) is 27.1. The van der Waals surface area contributed by atoms with Crippen LogP contribution in [-0.2, 0) is 94.8 Å². The first-order valence-corrected chi connectivity index (χ1v) is 31.9. The summed E-state index contributed by atoms with van der Waals surface area (Å²) < 4.78 is 122. The third-order valence-corrected chi connectivity index (χ3v) is 22.3. The van der Waals surface area contributed by atoms with Crippen molar-refractivity contribution in [2.45, 2.75) is 324 Å². The minimum absolute atomic E-state index is 0.00995. The maximum absolute atomic E-state index is 13.5. The maximum atomic E-state index is 13.5. The average molecular weight is 1200 g/mol. The van der Waals surface area contributed by atoms with Gasteiger partial charge in [-0.05, 0) is 105 Å². The van der Waals surface area contributed by atoms with E-state index in [1.165, 1.54) is 0 Å². The van der Waals surface area contributed by atoms with Crippen LogP contribution < -0.4 is 0 Å². The van der Waals surface area contributed by atoms with Crippen LogP contribution in [0.25, 0.3) is 0 Å². The summed E-state index contributed by atoms with van der Waals surface area (Å²) in [5, 5.41) is 22.1. The molecule has 8 aliphatic heterocycles. The molecule has 2 bridgehead atoms. The van der Waals surface area contributed by atoms with Gasteiger partial charge < -0.3 is 100 Å². The van der Waals surface area contributed by atoms with Crippen LogP contribution in [0.5, 0.6) is 0 Å². The van der Waals surface area contributed by atoms with Gasteiger partial charge in [0.2, 0.25) is 0 Å². The lowest BCUT2D eigenvalue weighted by Crippen LogP contribution is -2.58. The van der Waals surface area contributed by atoms with E-state index in [9.17, 15) is 15.0 Å². The summed E-state index contributed by atoms with van der Waals surface area (Å²) >= 11 is 0. The second-order valence-corrected chi connectivity index (χ2v) is 27.1. The number of ether oxygens (including phenoxy) is 19. The summed E-state index contributed by atoms with van der Waals surface area (Å²) in [4.78, 5) is 13.5. The van der Waals surface area contributed by atoms with Gasteiger partial charge in [0.25, 0.3) is 0 Å². The van der Waals surface area contributed by atoms with Gasteiger partial charge >= 0.3 is 0 Å². The summed E-state index contributed by atoms with van der Waals surface area (Å²) in [6, 6.07) is 0. The van der Waals surface area contributed by atoms with Crippen LogP contribution in [0.3, 0.4) is 0 Å². The Morgan fingerprint density at radius 1 is 0.440 bits per heavy atom. The molecule has 11 rings (SSSR count). The molecule has 8 heterocycles. The largest absolute Gasteiger partial charge is 0.390 e. The van der Waals surface area contributed by atoms with Gasteiger partial charge in [-0.15, -0.1) is 0 Å². The van der Waals surface area contributed by atoms with Gasteiger partial charge in [0.15, 0.2) is 43.5 Å². The van der Waals surface area contributed by atoms with E-state index in [4.69, 9.17) is 90.0 Å². The highest BCUT2D eigenvalue weighted by molar-refractivity contribution is 5.88. The molecule has 33 atom stereocenters. The van der Waals surface area contributed by atoms with Crippen molar-refractivity contribution >= 4 is 5.78 Å². The number of ketones is 1. The van der Waals surface area contributed by atoms with Gasteiger partial charge in [-0.2, -0.15) is 0 Å². The van der Waals surface area contributed by atoms with Crippen molar-refractivity contribution in [2.24, 2.45) is 28.6 Å². The SMILES string of the molecule is CO[C@H]1C[C@H](O[C@H]2CC[C@@]3(C)C(CC[C@@]45OC(C)[C@H]6CCC(=O)[C@]6(C)C(C[C@@H]43)O5)C2)O[C@H](C)[C@H]1O[C@H]1C[C@H](O)[C@H](O[C@H]2C[C@@H](OC)[C@H](O[C@H]3C[C@H](OC)[C@H](O[C@H]4C[C@@H](OC)[C@H](O[C@H]5C[C@@H](OC)[C@H](O)[C@@H](C)O5)[C@@H](C)O4)[C@@H](C)O3)[C@@H](C)O2)[C@@H](C)O1. The zero-order valence-electron chi connectivity index (χ0n) is 52.3. The summed E-state index contributed by atoms with van der Waals surface area (Å²) in [6.07, 6.45) is -3.71. The Kier molecular flexibility index (Phi) is 20.1. The highest BCUT2D eigenvalue weighted by Crippen LogP contribution is 2.67. The van der Waals surface area contributed by atoms with Gasteiger partial charge in [-0.3, -0.25) is 4.79 Å². The number of rotatable bonds is 17. The van der Waals surface area contributed by atoms with E-state index in [2.05, 4.69) is 20.8 Å². The van der Waals surface area contributed by atoms with Gasteiger partial charge in [0, 0.05) is 98.8 Å². The fourth-order valence-corrected chi connectivity index (χ4v) is 17.5. The van der Waals surface area contributed by atoms with Gasteiger partial charge in [-0.25, -0.2) is 0 Å². The van der Waals surface area contributed by atoms with Crippen LogP contribution in [0.1, 0.15) is 152 Å². The van der Waals surface area contributed by atoms with E-state index in [1.807, 2.05) is 34.6 Å². The standard InChI is InChI=1S/C62H102O22/c1-29-38-15-16-46(64)61(38,9)47-28-45-60(8)19-18-37(21-36(60)17-20-62(45,83-29)84-47)77-49-24-41(67-11)56(32(4)73-49)79-48-22-39(63)55(31(3)72-48)78-51-25-42(68-12)58(33(5)74-51)81-53-27-44(70-14)59(35(7)76-53)82-52-26-43(69-13)57(34(6)75-52)80-50-23-40(66-10)54(65)30(2)71-50/h29-45,47-59,63,65H,15-28H2,1-14H3/t29?,30-,31-,32-,33-,34-,35-,36?,37+,38-,39+,40-,41+,42-,43-,44+,45-,47?,48+,49+,50+,51+,52+,53+,54-,55-,56-,57-,58-,59-,60+,61-,62+/m1/s1. The van der Waals surface area contributed by atoms with Gasteiger partial charge in [0.1, 0.15) is 42.4 Å². The molecule has 0 aromatic carbocycles. The molecule has 0 amide bonds. The molecule has 482 valence electrons. The highest BCUT2D eigenvalue weighted by Gasteiger charge is 2.70. The molecule has 1 spiro atoms. The van der Waals surface area contributed by atoms with Crippen molar-refractivity contribution in [1.82, 2.24) is 0 Å². The van der Waals surface area contributed by atoms with E-state index in [1.54, 1.807) is 42.5 Å². The average Bonchev–Trinajstić information content (AvgIpc) is 1.53. The first-order valence-electron chi connectivity index (χ1n) is 31.9. The summed E-state index contributed by atoms with van der Waals surface area (Å²) in [6.45, 7) is 18.2. The predicted molar refractivity (Wildman–Crippen MR) is 296 cm³/mol. The third-order valence-electron chi connectivity index (χ3n) is 22.3. The smallest absolute Gasteiger partial charge is 0.172 e. The number of methoxy groups -OCH3 is 5. The molecule has 0 aromatic rings. The van der Waals surface area contributed by atoms with Crippen molar-refractivity contribution in [1.29, 1.82) is 0 Å². The second kappa shape index (κ2) is 26.2. The van der Waals surface area contributed by atoms with Crippen LogP contribution in [0.2, 0.25) is 0 Å². The van der Waals surface area contributed by atoms with Crippen molar-refractivity contribution in [2.75, 3.05) is 35.5 Å². The number of fused-ring (bicyclic) bond motifs is 5. The number of hydrogen-bond acceptors (Lipinski definition) is 22. The monoisotopic (exact) mass is 1200 g/mol. The molecule has 8 saturated heterocycles. The number of carbonyl (C=O) groups is 1. The normalized spacial score (nSPS) is 54.3. The first kappa shape index (κ1) is 64.4. The Hall–Kier alpha value is -1.17. The molecule has 3 saturated carbocycles. The Morgan fingerprint density at radius 3 is 1.32 bits per heavy atom. The minimum atomic E-state index is -0.924. The van der Waals surface area contributed by atoms with Crippen LogP contribution in [-0.4, -0.2) is 223 Å². The molecule has 2 N–H and O–H groups in total. The molecule has 0 radical (unpaired) electrons. The number of Topliss-reactive ketones (excluding diaryl/α,β-unsaturated/α-hetero) is 1. The van der Waals surface area contributed by atoms with E-state index in [-0.39, 0.29) is 60.3 Å². The van der Waals surface area contributed by atoms with Gasteiger partial charge in [0.05, 0.1) is 97.0 Å². The van der Waals surface area contributed by atoms with Crippen molar-refractivity contribution < 1.29 is 105 Å². The Labute approximate surface area is 497 Å². The topological polar surface area (TPSA) is 233 Å². The van der Waals surface area contributed by atoms with Crippen molar-refractivity contribution in [3.63, 3.8) is 0 Å². The Bertz CT molecular complexity index is 2170. The predicted octanol–water partition coefficient (Wildman–Crippen LogP) is 6.01. The van der Waals surface area contributed by atoms with Gasteiger partial charge in [-0.1, -0.05) is 6.92 Å². The molecule has 84 heavy (non-hydrogen) atoms. The maximum Gasteiger partial charge on any atom is 0.172 e. The number of aliphatic hydroxyl groups is 2. The van der Waals surface area contributed by atoms with E-state index in [0.29, 0.717) is 50.2 Å². The molecule has 22 heteroatoms. The van der Waals surface area contributed by atoms with Crippen LogP contribution in [0.15, 0.2) is 0 Å². The lowest BCUT2D eigenvalue weighted by Gasteiger charge is -2.57. The zero-order valence-corrected chi connectivity index (χ0v) is 52.3. The van der Waals surface area contributed by atoms with Crippen molar-refractivity contribution in [3.8, 4) is 0 Å². The Morgan fingerprint density at radius 2 is 0.857 bits per heavy atom. The minimum Gasteiger partial charge on any atom is -0.390 e. The number of carbonyl (C=O) groups excluding carboxylic acids is 1. The van der Waals surface area contributed by atoms with Crippen LogP contribution in [0, 0.1) is 28.6 Å². The van der Waals surface area contributed by atoms with E-state index in [0.717, 1.165) is 44.9 Å². The molecule has 3 unspecified atom stereocenters. The zero-order chi connectivity index (χ0) is 59.7. The fourth-order valence-electron chi connectivity index (χ4n) is 17.5. The summed E-state index contributed by atoms with van der Waals surface area (Å²) in [5.41, 5.74) is -0.459. The molecule has 0 aromatic heterocycles. The summed E-state index contributed by atoms with van der Waals surface area (Å²) in [7, 11) is 8.18. The molecular weight excluding hydrogens is 1100 g/mol. The van der Waals surface area contributed by atoms with Crippen LogP contribution >= 0.6 is 0 Å². The number of aliphatic hydroxyl groups excluding tert-OH is 2. The molecule has 22 nitrogen and oxygen atoms in total. The lowest BCUT2D eigenvalue weighted by molar-refractivity contribution is -0.354. The fraction of sp³-hybridized carbons (Fsp3) is 0.984. The quantitative estimate of drug-likeness (QED) is 0.159.